The van der Waals surface area contributed by atoms with Gasteiger partial charge in [0.05, 0.1) is 12.3 Å². The second-order valence-electron chi connectivity index (χ2n) is 4.08. The van der Waals surface area contributed by atoms with Gasteiger partial charge in [-0.2, -0.15) is 0 Å². The lowest BCUT2D eigenvalue weighted by atomic mass is 10.2. The fourth-order valence-corrected chi connectivity index (χ4v) is 1.58. The molecule has 2 rings (SSSR count). The van der Waals surface area contributed by atoms with Crippen molar-refractivity contribution in [2.45, 2.75) is 13.3 Å². The summed E-state index contributed by atoms with van der Waals surface area (Å²) in [6, 6.07) is 11.9. The van der Waals surface area contributed by atoms with Crippen LogP contribution in [0.1, 0.15) is 13.3 Å². The van der Waals surface area contributed by atoms with Crippen molar-refractivity contribution in [1.29, 1.82) is 0 Å². The summed E-state index contributed by atoms with van der Waals surface area (Å²) in [5.41, 5.74) is 5.99. The molecule has 0 fully saturated rings. The predicted octanol–water partition coefficient (Wildman–Crippen LogP) is 3.99. The average Bonchev–Trinajstić information content (AvgIpc) is 2.42. The SMILES string of the molecule is CCCOc1cc(Oc2ccccc2)c(N)cc1F. The molecule has 0 unspecified atom stereocenters. The van der Waals surface area contributed by atoms with Crippen LogP contribution >= 0.6 is 0 Å². The molecule has 0 saturated carbocycles. The maximum absolute atomic E-state index is 13.6. The van der Waals surface area contributed by atoms with E-state index < -0.39 is 5.82 Å². The van der Waals surface area contributed by atoms with Gasteiger partial charge >= 0.3 is 0 Å². The first kappa shape index (κ1) is 13.2. The zero-order valence-electron chi connectivity index (χ0n) is 10.7. The molecule has 0 heterocycles. The second kappa shape index (κ2) is 6.09. The molecule has 2 aromatic carbocycles. The van der Waals surface area contributed by atoms with Crippen LogP contribution in [0.2, 0.25) is 0 Å². The number of nitrogen functional groups attached to an aromatic ring is 1. The van der Waals surface area contributed by atoms with E-state index in [1.165, 1.54) is 12.1 Å². The standard InChI is InChI=1S/C15H16FNO2/c1-2-8-18-14-10-15(13(17)9-12(14)16)19-11-6-4-3-5-7-11/h3-7,9-10H,2,8,17H2,1H3. The van der Waals surface area contributed by atoms with Gasteiger partial charge in [0.1, 0.15) is 5.75 Å². The molecule has 0 aromatic heterocycles. The Labute approximate surface area is 111 Å². The lowest BCUT2D eigenvalue weighted by Crippen LogP contribution is -2.00. The van der Waals surface area contributed by atoms with Crippen LogP contribution in [-0.2, 0) is 0 Å². The van der Waals surface area contributed by atoms with E-state index in [0.717, 1.165) is 6.42 Å². The highest BCUT2D eigenvalue weighted by Gasteiger charge is 2.10. The molecule has 0 saturated heterocycles. The Morgan fingerprint density at radius 3 is 2.53 bits per heavy atom. The first-order valence-electron chi connectivity index (χ1n) is 6.15. The summed E-state index contributed by atoms with van der Waals surface area (Å²) in [4.78, 5) is 0. The van der Waals surface area contributed by atoms with Gasteiger partial charge in [0.2, 0.25) is 0 Å². The van der Waals surface area contributed by atoms with E-state index in [0.29, 0.717) is 18.1 Å². The number of ether oxygens (including phenoxy) is 2. The number of halogens is 1. The minimum absolute atomic E-state index is 0.155. The number of nitrogens with two attached hydrogens (primary N) is 1. The average molecular weight is 261 g/mol. The number of anilines is 1. The van der Waals surface area contributed by atoms with Gasteiger partial charge in [-0.1, -0.05) is 25.1 Å². The molecule has 4 heteroatoms. The highest BCUT2D eigenvalue weighted by molar-refractivity contribution is 5.57. The lowest BCUT2D eigenvalue weighted by Gasteiger charge is -2.12. The Balaban J connectivity index is 2.24. The Kier molecular flexibility index (Phi) is 4.23. The molecule has 2 N–H and O–H groups in total. The normalized spacial score (nSPS) is 10.2. The summed E-state index contributed by atoms with van der Waals surface area (Å²) in [5.74, 6) is 0.703. The maximum atomic E-state index is 13.6. The Bertz CT molecular complexity index is 543. The van der Waals surface area contributed by atoms with Gasteiger partial charge in [0.15, 0.2) is 17.3 Å². The summed E-state index contributed by atoms with van der Waals surface area (Å²) in [6.45, 7) is 2.40. The molecule has 0 spiro atoms. The van der Waals surface area contributed by atoms with Gasteiger partial charge in [0, 0.05) is 12.1 Å². The zero-order valence-corrected chi connectivity index (χ0v) is 10.7. The molecule has 0 radical (unpaired) electrons. The van der Waals surface area contributed by atoms with Crippen molar-refractivity contribution in [3.63, 3.8) is 0 Å². The Hall–Kier alpha value is -2.23. The lowest BCUT2D eigenvalue weighted by molar-refractivity contribution is 0.300. The van der Waals surface area contributed by atoms with Crippen LogP contribution in [0.5, 0.6) is 17.2 Å². The largest absolute Gasteiger partial charge is 0.490 e. The van der Waals surface area contributed by atoms with E-state index in [4.69, 9.17) is 15.2 Å². The first-order valence-corrected chi connectivity index (χ1v) is 6.15. The van der Waals surface area contributed by atoms with E-state index >= 15 is 0 Å². The van der Waals surface area contributed by atoms with Gasteiger partial charge in [-0.05, 0) is 18.6 Å². The van der Waals surface area contributed by atoms with Crippen molar-refractivity contribution in [3.05, 3.63) is 48.3 Å². The molecule has 0 amide bonds. The molecule has 19 heavy (non-hydrogen) atoms. The fourth-order valence-electron chi connectivity index (χ4n) is 1.58. The van der Waals surface area contributed by atoms with Crippen LogP contribution in [-0.4, -0.2) is 6.61 Å². The third-order valence-corrected chi connectivity index (χ3v) is 2.50. The number of rotatable bonds is 5. The molecule has 0 aliphatic heterocycles. The third kappa shape index (κ3) is 3.37. The minimum atomic E-state index is -0.480. The van der Waals surface area contributed by atoms with Crippen LogP contribution in [0.25, 0.3) is 0 Å². The molecular formula is C15H16FNO2. The maximum Gasteiger partial charge on any atom is 0.167 e. The van der Waals surface area contributed by atoms with Crippen LogP contribution in [0.4, 0.5) is 10.1 Å². The summed E-state index contributed by atoms with van der Waals surface area (Å²) in [6.07, 6.45) is 0.804. The summed E-state index contributed by atoms with van der Waals surface area (Å²) in [5, 5.41) is 0. The van der Waals surface area contributed by atoms with Gasteiger partial charge in [-0.3, -0.25) is 0 Å². The highest BCUT2D eigenvalue weighted by atomic mass is 19.1. The van der Waals surface area contributed by atoms with Crippen LogP contribution in [0.15, 0.2) is 42.5 Å². The molecule has 100 valence electrons. The van der Waals surface area contributed by atoms with E-state index in [1.54, 1.807) is 12.1 Å². The van der Waals surface area contributed by atoms with Gasteiger partial charge in [-0.25, -0.2) is 4.39 Å². The molecule has 2 aromatic rings. The fraction of sp³-hybridized carbons (Fsp3) is 0.200. The molecule has 0 bridgehead atoms. The summed E-state index contributed by atoms with van der Waals surface area (Å²) < 4.78 is 24.6. The minimum Gasteiger partial charge on any atom is -0.490 e. The van der Waals surface area contributed by atoms with Crippen molar-refractivity contribution < 1.29 is 13.9 Å². The van der Waals surface area contributed by atoms with Crippen LogP contribution in [0, 0.1) is 5.82 Å². The number of benzene rings is 2. The Morgan fingerprint density at radius 1 is 1.11 bits per heavy atom. The molecule has 0 aliphatic rings. The van der Waals surface area contributed by atoms with Crippen molar-refractivity contribution >= 4 is 5.69 Å². The number of hydrogen-bond donors (Lipinski definition) is 1. The monoisotopic (exact) mass is 261 g/mol. The van der Waals surface area contributed by atoms with Crippen molar-refractivity contribution in [3.8, 4) is 17.2 Å². The number of hydrogen-bond acceptors (Lipinski definition) is 3. The molecule has 0 aliphatic carbocycles. The van der Waals surface area contributed by atoms with Gasteiger partial charge < -0.3 is 15.2 Å². The topological polar surface area (TPSA) is 44.5 Å². The predicted molar refractivity (Wildman–Crippen MR) is 73.1 cm³/mol. The third-order valence-electron chi connectivity index (χ3n) is 2.50. The van der Waals surface area contributed by atoms with Crippen molar-refractivity contribution in [2.24, 2.45) is 0 Å². The quantitative estimate of drug-likeness (QED) is 0.828. The van der Waals surface area contributed by atoms with E-state index in [9.17, 15) is 4.39 Å². The summed E-state index contributed by atoms with van der Waals surface area (Å²) >= 11 is 0. The smallest absolute Gasteiger partial charge is 0.167 e. The van der Waals surface area contributed by atoms with E-state index in [2.05, 4.69) is 0 Å². The molecule has 0 atom stereocenters. The van der Waals surface area contributed by atoms with Crippen LogP contribution in [0.3, 0.4) is 0 Å². The van der Waals surface area contributed by atoms with E-state index in [-0.39, 0.29) is 11.4 Å². The zero-order chi connectivity index (χ0) is 13.7. The van der Waals surface area contributed by atoms with E-state index in [1.807, 2.05) is 25.1 Å². The van der Waals surface area contributed by atoms with Gasteiger partial charge in [-0.15, -0.1) is 0 Å². The van der Waals surface area contributed by atoms with Gasteiger partial charge in [0.25, 0.3) is 0 Å². The first-order chi connectivity index (χ1) is 9.20. The van der Waals surface area contributed by atoms with Crippen LogP contribution < -0.4 is 15.2 Å². The highest BCUT2D eigenvalue weighted by Crippen LogP contribution is 2.33. The number of para-hydroxylation sites is 1. The second-order valence-corrected chi connectivity index (χ2v) is 4.08. The summed E-state index contributed by atoms with van der Waals surface area (Å²) in [7, 11) is 0. The van der Waals surface area contributed by atoms with Crippen molar-refractivity contribution in [2.75, 3.05) is 12.3 Å². The Morgan fingerprint density at radius 2 is 1.84 bits per heavy atom. The molecular weight excluding hydrogens is 245 g/mol. The molecule has 3 nitrogen and oxygen atoms in total. The van der Waals surface area contributed by atoms with Crippen molar-refractivity contribution in [1.82, 2.24) is 0 Å².